The van der Waals surface area contributed by atoms with Gasteiger partial charge in [0.15, 0.2) is 5.96 Å². The van der Waals surface area contributed by atoms with Crippen molar-refractivity contribution < 1.29 is 29.4 Å². The zero-order valence-electron chi connectivity index (χ0n) is 19.2. The molecular formula is C19H37N7O6S. The van der Waals surface area contributed by atoms with Gasteiger partial charge in [0, 0.05) is 6.54 Å². The molecule has 33 heavy (non-hydrogen) atoms. The molecule has 4 unspecified atom stereocenters. The highest BCUT2D eigenvalue weighted by Gasteiger charge is 2.31. The van der Waals surface area contributed by atoms with Crippen molar-refractivity contribution in [1.82, 2.24) is 16.0 Å². The SMILES string of the molecule is CSCCC(NC(=O)C(NC(=O)C(CO)NC(=O)C(N)CCCN=C(N)N)C(C)C)C(=O)O. The van der Waals surface area contributed by atoms with E-state index in [1.807, 2.05) is 6.26 Å². The molecule has 0 saturated heterocycles. The van der Waals surface area contributed by atoms with Crippen molar-refractivity contribution >= 4 is 41.4 Å². The fraction of sp³-hybridized carbons (Fsp3) is 0.737. The minimum atomic E-state index is -1.35. The fourth-order valence-corrected chi connectivity index (χ4v) is 3.14. The third-order valence-electron chi connectivity index (χ3n) is 4.59. The molecule has 0 aromatic heterocycles. The summed E-state index contributed by atoms with van der Waals surface area (Å²) in [6.07, 6.45) is 2.71. The number of carbonyl (C=O) groups excluding carboxylic acids is 3. The van der Waals surface area contributed by atoms with Crippen molar-refractivity contribution in [1.29, 1.82) is 0 Å². The van der Waals surface area contributed by atoms with E-state index in [2.05, 4.69) is 20.9 Å². The topological polar surface area (TPSA) is 235 Å². The number of guanidine groups is 1. The Balaban J connectivity index is 5.02. The maximum absolute atomic E-state index is 12.6. The summed E-state index contributed by atoms with van der Waals surface area (Å²) in [5.41, 5.74) is 16.2. The van der Waals surface area contributed by atoms with Crippen molar-refractivity contribution in [3.05, 3.63) is 0 Å². The van der Waals surface area contributed by atoms with E-state index in [1.165, 1.54) is 11.8 Å². The molecule has 0 radical (unpaired) electrons. The third kappa shape index (κ3) is 12.3. The smallest absolute Gasteiger partial charge is 0.326 e. The fourth-order valence-electron chi connectivity index (χ4n) is 2.67. The Labute approximate surface area is 197 Å². The quantitative estimate of drug-likeness (QED) is 0.0632. The number of rotatable bonds is 16. The minimum absolute atomic E-state index is 0.0762. The van der Waals surface area contributed by atoms with Crippen LogP contribution in [0.2, 0.25) is 0 Å². The molecule has 0 saturated carbocycles. The van der Waals surface area contributed by atoms with Gasteiger partial charge in [0.25, 0.3) is 0 Å². The van der Waals surface area contributed by atoms with E-state index >= 15 is 0 Å². The second kappa shape index (κ2) is 16.1. The van der Waals surface area contributed by atoms with Gasteiger partial charge in [-0.2, -0.15) is 11.8 Å². The molecule has 0 heterocycles. The number of aliphatic hydroxyl groups is 1. The van der Waals surface area contributed by atoms with Crippen LogP contribution in [0.25, 0.3) is 0 Å². The number of carboxylic acid groups (broad SMARTS) is 1. The van der Waals surface area contributed by atoms with Gasteiger partial charge in [0.05, 0.1) is 12.6 Å². The molecule has 0 spiro atoms. The maximum atomic E-state index is 12.6. The lowest BCUT2D eigenvalue weighted by Crippen LogP contribution is -2.59. The number of nitrogens with zero attached hydrogens (tertiary/aromatic N) is 1. The number of thioether (sulfide) groups is 1. The summed E-state index contributed by atoms with van der Waals surface area (Å²) in [5.74, 6) is -3.26. The Hall–Kier alpha value is -2.58. The highest BCUT2D eigenvalue weighted by Crippen LogP contribution is 2.06. The van der Waals surface area contributed by atoms with E-state index in [0.717, 1.165) is 0 Å². The van der Waals surface area contributed by atoms with Crippen LogP contribution < -0.4 is 33.2 Å². The number of hydrogen-bond acceptors (Lipinski definition) is 8. The summed E-state index contributed by atoms with van der Waals surface area (Å²) in [7, 11) is 0. The number of aliphatic hydroxyl groups excluding tert-OH is 1. The average molecular weight is 492 g/mol. The zero-order chi connectivity index (χ0) is 25.6. The Morgan fingerprint density at radius 3 is 2.06 bits per heavy atom. The van der Waals surface area contributed by atoms with E-state index < -0.39 is 60.4 Å². The van der Waals surface area contributed by atoms with Crippen LogP contribution in [-0.2, 0) is 19.2 Å². The largest absolute Gasteiger partial charge is 0.480 e. The standard InChI is InChI=1S/C19H37N7O6S/c1-10(2)14(17(30)24-12(18(31)32)6-8-33-3)26-16(29)13(9-27)25-15(28)11(20)5-4-7-23-19(21)22/h10-14,27H,4-9,20H2,1-3H3,(H,24,30)(H,25,28)(H,26,29)(H,31,32)(H4,21,22,23). The lowest BCUT2D eigenvalue weighted by atomic mass is 10.0. The van der Waals surface area contributed by atoms with Crippen LogP contribution in [-0.4, -0.2) is 89.2 Å². The zero-order valence-corrected chi connectivity index (χ0v) is 20.1. The molecular weight excluding hydrogens is 454 g/mol. The Kier molecular flexibility index (Phi) is 14.8. The number of nitrogens with two attached hydrogens (primary N) is 3. The first-order chi connectivity index (χ1) is 15.4. The van der Waals surface area contributed by atoms with Crippen LogP contribution in [0, 0.1) is 5.92 Å². The summed E-state index contributed by atoms with van der Waals surface area (Å²) < 4.78 is 0. The predicted molar refractivity (Wildman–Crippen MR) is 126 cm³/mol. The minimum Gasteiger partial charge on any atom is -0.480 e. The lowest BCUT2D eigenvalue weighted by Gasteiger charge is -2.26. The van der Waals surface area contributed by atoms with Gasteiger partial charge in [-0.15, -0.1) is 0 Å². The second-order valence-corrected chi connectivity index (χ2v) is 8.70. The van der Waals surface area contributed by atoms with Crippen molar-refractivity contribution in [3.63, 3.8) is 0 Å². The summed E-state index contributed by atoms with van der Waals surface area (Å²) in [6.45, 7) is 2.89. The van der Waals surface area contributed by atoms with Crippen molar-refractivity contribution in [2.45, 2.75) is 57.3 Å². The molecule has 0 aliphatic rings. The first-order valence-electron chi connectivity index (χ1n) is 10.5. The molecule has 0 aromatic rings. The van der Waals surface area contributed by atoms with Gasteiger partial charge in [0.2, 0.25) is 17.7 Å². The Morgan fingerprint density at radius 1 is 0.970 bits per heavy atom. The molecule has 14 heteroatoms. The van der Waals surface area contributed by atoms with Gasteiger partial charge in [-0.25, -0.2) is 4.79 Å². The number of carboxylic acids is 1. The first kappa shape index (κ1) is 30.4. The molecule has 0 rings (SSSR count). The van der Waals surface area contributed by atoms with Gasteiger partial charge in [-0.1, -0.05) is 13.8 Å². The highest BCUT2D eigenvalue weighted by atomic mass is 32.2. The van der Waals surface area contributed by atoms with Crippen molar-refractivity contribution in [3.8, 4) is 0 Å². The molecule has 3 amide bonds. The predicted octanol–water partition coefficient (Wildman–Crippen LogP) is -2.69. The molecule has 11 N–H and O–H groups in total. The number of aliphatic imine (C=N–C) groups is 1. The number of hydrogen-bond donors (Lipinski definition) is 8. The van der Waals surface area contributed by atoms with Crippen molar-refractivity contribution in [2.24, 2.45) is 28.1 Å². The van der Waals surface area contributed by atoms with Gasteiger partial charge in [0.1, 0.15) is 18.1 Å². The Morgan fingerprint density at radius 2 is 1.58 bits per heavy atom. The van der Waals surface area contributed by atoms with Crippen LogP contribution in [0.3, 0.4) is 0 Å². The van der Waals surface area contributed by atoms with E-state index in [0.29, 0.717) is 12.2 Å². The van der Waals surface area contributed by atoms with E-state index in [-0.39, 0.29) is 25.3 Å². The summed E-state index contributed by atoms with van der Waals surface area (Å²) in [5, 5.41) is 26.1. The average Bonchev–Trinajstić information content (AvgIpc) is 2.74. The first-order valence-corrected chi connectivity index (χ1v) is 11.9. The van der Waals surface area contributed by atoms with E-state index in [9.17, 15) is 29.4 Å². The van der Waals surface area contributed by atoms with Crippen LogP contribution in [0.1, 0.15) is 33.1 Å². The molecule has 13 nitrogen and oxygen atoms in total. The van der Waals surface area contributed by atoms with Gasteiger partial charge in [-0.05, 0) is 37.2 Å². The molecule has 0 fully saturated rings. The van der Waals surface area contributed by atoms with Crippen molar-refractivity contribution in [2.75, 3.05) is 25.2 Å². The van der Waals surface area contributed by atoms with Crippen LogP contribution >= 0.6 is 11.8 Å². The summed E-state index contributed by atoms with van der Waals surface area (Å²) in [4.78, 5) is 52.7. The second-order valence-electron chi connectivity index (χ2n) is 7.71. The molecule has 0 aliphatic carbocycles. The van der Waals surface area contributed by atoms with Gasteiger partial charge < -0.3 is 43.4 Å². The van der Waals surface area contributed by atoms with Gasteiger partial charge >= 0.3 is 5.97 Å². The number of nitrogens with one attached hydrogen (secondary N) is 3. The third-order valence-corrected chi connectivity index (χ3v) is 5.24. The Bertz CT molecular complexity index is 688. The van der Waals surface area contributed by atoms with Crippen LogP contribution in [0.15, 0.2) is 4.99 Å². The maximum Gasteiger partial charge on any atom is 0.326 e. The summed E-state index contributed by atoms with van der Waals surface area (Å²) >= 11 is 1.44. The van der Waals surface area contributed by atoms with Crippen LogP contribution in [0.4, 0.5) is 0 Å². The number of aliphatic carboxylic acids is 1. The van der Waals surface area contributed by atoms with E-state index in [1.54, 1.807) is 13.8 Å². The molecule has 0 aliphatic heterocycles. The monoisotopic (exact) mass is 491 g/mol. The van der Waals surface area contributed by atoms with Gasteiger partial charge in [-0.3, -0.25) is 19.4 Å². The van der Waals surface area contributed by atoms with E-state index in [4.69, 9.17) is 17.2 Å². The highest BCUT2D eigenvalue weighted by molar-refractivity contribution is 7.98. The lowest BCUT2D eigenvalue weighted by molar-refractivity contribution is -0.142. The molecule has 4 atom stereocenters. The number of carbonyl (C=O) groups is 4. The molecule has 0 bridgehead atoms. The number of amides is 3. The van der Waals surface area contributed by atoms with Crippen LogP contribution in [0.5, 0.6) is 0 Å². The summed E-state index contributed by atoms with van der Waals surface area (Å²) in [6, 6.07) is -4.48. The normalized spacial score (nSPS) is 14.5. The molecule has 190 valence electrons. The molecule has 0 aromatic carbocycles.